The lowest BCUT2D eigenvalue weighted by Crippen LogP contribution is -2.49. The number of rotatable bonds is 4. The average Bonchev–Trinajstić information content (AvgIpc) is 2.86. The summed E-state index contributed by atoms with van der Waals surface area (Å²) < 4.78 is 0. The van der Waals surface area contributed by atoms with Crippen LogP contribution in [-0.4, -0.2) is 23.5 Å². The minimum Gasteiger partial charge on any atom is -0.327 e. The highest BCUT2D eigenvalue weighted by Crippen LogP contribution is 2.33. The normalized spacial score (nSPS) is 25.0. The Morgan fingerprint density at radius 2 is 2.17 bits per heavy atom. The quantitative estimate of drug-likeness (QED) is 0.902. The van der Waals surface area contributed by atoms with Gasteiger partial charge in [0.25, 0.3) is 0 Å². The maximum Gasteiger partial charge on any atom is 0.0416 e. The maximum absolute atomic E-state index is 6.17. The lowest BCUT2D eigenvalue weighted by molar-refractivity contribution is 0.0906. The summed E-state index contributed by atoms with van der Waals surface area (Å²) >= 11 is 1.97. The number of piperidine rings is 1. The van der Waals surface area contributed by atoms with E-state index in [0.717, 1.165) is 6.42 Å². The zero-order valence-corrected chi connectivity index (χ0v) is 12.7. The molecule has 0 aromatic carbocycles. The third kappa shape index (κ3) is 2.95. The second kappa shape index (κ2) is 6.18. The fourth-order valence-corrected chi connectivity index (χ4v) is 4.02. The fraction of sp³-hybridized carbons (Fsp3) is 0.733. The van der Waals surface area contributed by atoms with E-state index in [0.29, 0.717) is 12.1 Å². The summed E-state index contributed by atoms with van der Waals surface area (Å²) in [7, 11) is 0. The van der Waals surface area contributed by atoms with Gasteiger partial charge in [-0.3, -0.25) is 4.90 Å². The number of hydrogen-bond donors (Lipinski definition) is 1. The highest BCUT2D eigenvalue weighted by atomic mass is 32.1. The third-order valence-electron chi connectivity index (χ3n) is 4.14. The van der Waals surface area contributed by atoms with Crippen LogP contribution in [0, 0.1) is 0 Å². The van der Waals surface area contributed by atoms with Crippen molar-refractivity contribution in [1.29, 1.82) is 0 Å². The van der Waals surface area contributed by atoms with Crippen LogP contribution in [0.25, 0.3) is 0 Å². The first kappa shape index (κ1) is 14.0. The van der Waals surface area contributed by atoms with Gasteiger partial charge in [-0.15, -0.1) is 11.3 Å². The van der Waals surface area contributed by atoms with Crippen LogP contribution < -0.4 is 5.73 Å². The average molecular weight is 266 g/mol. The molecule has 0 radical (unpaired) electrons. The number of aryl methyl sites for hydroxylation is 1. The SMILES string of the molecule is CCc1ccc(C(C)N2CCCCC2C(C)N)s1. The molecule has 2 N–H and O–H groups in total. The number of thiophene rings is 1. The van der Waals surface area contributed by atoms with Crippen LogP contribution in [0.15, 0.2) is 12.1 Å². The summed E-state index contributed by atoms with van der Waals surface area (Å²) in [5.41, 5.74) is 6.17. The molecule has 1 aliphatic rings. The molecular weight excluding hydrogens is 240 g/mol. The molecule has 0 amide bonds. The Labute approximate surface area is 115 Å². The summed E-state index contributed by atoms with van der Waals surface area (Å²) in [6, 6.07) is 5.94. The van der Waals surface area contributed by atoms with Crippen LogP contribution in [0.3, 0.4) is 0 Å². The molecule has 1 aromatic heterocycles. The number of hydrogen-bond acceptors (Lipinski definition) is 3. The first-order valence-corrected chi connectivity index (χ1v) is 8.05. The largest absolute Gasteiger partial charge is 0.327 e. The Morgan fingerprint density at radius 1 is 1.39 bits per heavy atom. The van der Waals surface area contributed by atoms with Crippen molar-refractivity contribution in [3.05, 3.63) is 21.9 Å². The van der Waals surface area contributed by atoms with Gasteiger partial charge in [-0.1, -0.05) is 13.3 Å². The smallest absolute Gasteiger partial charge is 0.0416 e. The summed E-state index contributed by atoms with van der Waals surface area (Å²) in [5, 5.41) is 0. The molecule has 0 saturated carbocycles. The molecule has 18 heavy (non-hydrogen) atoms. The summed E-state index contributed by atoms with van der Waals surface area (Å²) in [4.78, 5) is 5.62. The molecule has 0 spiro atoms. The van der Waals surface area contributed by atoms with Crippen LogP contribution in [0.2, 0.25) is 0 Å². The Hall–Kier alpha value is -0.380. The van der Waals surface area contributed by atoms with Gasteiger partial charge in [0.15, 0.2) is 0 Å². The van der Waals surface area contributed by atoms with Gasteiger partial charge < -0.3 is 5.73 Å². The van der Waals surface area contributed by atoms with Crippen molar-refractivity contribution in [1.82, 2.24) is 4.90 Å². The lowest BCUT2D eigenvalue weighted by Gasteiger charge is -2.41. The molecule has 1 aromatic rings. The molecular formula is C15H26N2S. The third-order valence-corrected chi connectivity index (χ3v) is 5.54. The van der Waals surface area contributed by atoms with Gasteiger partial charge >= 0.3 is 0 Å². The number of nitrogens with zero attached hydrogens (tertiary/aromatic N) is 1. The van der Waals surface area contributed by atoms with Gasteiger partial charge in [0.2, 0.25) is 0 Å². The minimum atomic E-state index is 0.276. The molecule has 3 unspecified atom stereocenters. The molecule has 3 heteroatoms. The van der Waals surface area contributed by atoms with Crippen molar-refractivity contribution < 1.29 is 0 Å². The summed E-state index contributed by atoms with van der Waals surface area (Å²) in [6.07, 6.45) is 5.06. The van der Waals surface area contributed by atoms with Crippen LogP contribution in [0.4, 0.5) is 0 Å². The van der Waals surface area contributed by atoms with Crippen molar-refractivity contribution in [2.75, 3.05) is 6.54 Å². The van der Waals surface area contributed by atoms with Crippen LogP contribution in [0.1, 0.15) is 55.8 Å². The fourth-order valence-electron chi connectivity index (χ4n) is 3.00. The minimum absolute atomic E-state index is 0.276. The van der Waals surface area contributed by atoms with E-state index in [2.05, 4.69) is 37.8 Å². The van der Waals surface area contributed by atoms with Gasteiger partial charge in [-0.25, -0.2) is 0 Å². The van der Waals surface area contributed by atoms with E-state index in [1.807, 2.05) is 11.3 Å². The predicted octanol–water partition coefficient (Wildman–Crippen LogP) is 3.57. The first-order valence-electron chi connectivity index (χ1n) is 7.23. The Morgan fingerprint density at radius 3 is 2.78 bits per heavy atom. The molecule has 1 aliphatic heterocycles. The predicted molar refractivity (Wildman–Crippen MR) is 80.1 cm³/mol. The van der Waals surface area contributed by atoms with Crippen molar-refractivity contribution in [2.45, 2.75) is 64.6 Å². The van der Waals surface area contributed by atoms with E-state index in [1.165, 1.54) is 35.6 Å². The standard InChI is InChI=1S/C15H26N2S/c1-4-13-8-9-15(18-13)12(3)17-10-6-5-7-14(17)11(2)16/h8-9,11-12,14H,4-7,10,16H2,1-3H3. The molecule has 3 atom stereocenters. The molecule has 0 bridgehead atoms. The van der Waals surface area contributed by atoms with Gasteiger partial charge in [0.1, 0.15) is 0 Å². The zero-order chi connectivity index (χ0) is 13.1. The van der Waals surface area contributed by atoms with Crippen LogP contribution in [0.5, 0.6) is 0 Å². The van der Waals surface area contributed by atoms with E-state index in [9.17, 15) is 0 Å². The Kier molecular flexibility index (Phi) is 4.82. The Bertz CT molecular complexity index is 372. The second-order valence-electron chi connectivity index (χ2n) is 5.49. The van der Waals surface area contributed by atoms with E-state index in [1.54, 1.807) is 0 Å². The molecule has 102 valence electrons. The van der Waals surface area contributed by atoms with E-state index < -0.39 is 0 Å². The van der Waals surface area contributed by atoms with Crippen molar-refractivity contribution >= 4 is 11.3 Å². The highest BCUT2D eigenvalue weighted by Gasteiger charge is 2.30. The van der Waals surface area contributed by atoms with Gasteiger partial charge in [-0.2, -0.15) is 0 Å². The van der Waals surface area contributed by atoms with Gasteiger partial charge in [0.05, 0.1) is 0 Å². The van der Waals surface area contributed by atoms with Crippen molar-refractivity contribution in [3.8, 4) is 0 Å². The van der Waals surface area contributed by atoms with E-state index in [4.69, 9.17) is 5.73 Å². The summed E-state index contributed by atoms with van der Waals surface area (Å²) in [6.45, 7) is 7.92. The number of likely N-dealkylation sites (tertiary alicyclic amines) is 1. The van der Waals surface area contributed by atoms with Crippen LogP contribution >= 0.6 is 11.3 Å². The summed E-state index contributed by atoms with van der Waals surface area (Å²) in [5.74, 6) is 0. The maximum atomic E-state index is 6.17. The molecule has 1 fully saturated rings. The van der Waals surface area contributed by atoms with E-state index >= 15 is 0 Å². The highest BCUT2D eigenvalue weighted by molar-refractivity contribution is 7.12. The number of nitrogens with two attached hydrogens (primary N) is 1. The first-order chi connectivity index (χ1) is 8.63. The molecule has 2 rings (SSSR count). The van der Waals surface area contributed by atoms with Crippen LogP contribution in [-0.2, 0) is 6.42 Å². The van der Waals surface area contributed by atoms with Crippen molar-refractivity contribution in [2.24, 2.45) is 5.73 Å². The molecule has 1 saturated heterocycles. The zero-order valence-electron chi connectivity index (χ0n) is 11.9. The molecule has 2 nitrogen and oxygen atoms in total. The van der Waals surface area contributed by atoms with Crippen molar-refractivity contribution in [3.63, 3.8) is 0 Å². The van der Waals surface area contributed by atoms with E-state index in [-0.39, 0.29) is 6.04 Å². The second-order valence-corrected chi connectivity index (χ2v) is 6.69. The topological polar surface area (TPSA) is 29.3 Å². The molecule has 2 heterocycles. The monoisotopic (exact) mass is 266 g/mol. The lowest BCUT2D eigenvalue weighted by atomic mass is 9.95. The molecule has 0 aliphatic carbocycles. The van der Waals surface area contributed by atoms with Gasteiger partial charge in [-0.05, 0) is 51.8 Å². The Balaban J connectivity index is 2.12. The van der Waals surface area contributed by atoms with Gasteiger partial charge in [0, 0.05) is 27.9 Å².